The van der Waals surface area contributed by atoms with E-state index in [9.17, 15) is 31.4 Å². The van der Waals surface area contributed by atoms with E-state index in [1.54, 1.807) is 6.92 Å². The van der Waals surface area contributed by atoms with Crippen molar-refractivity contribution in [1.82, 2.24) is 0 Å². The van der Waals surface area contributed by atoms with Crippen molar-refractivity contribution >= 4 is 11.6 Å². The minimum Gasteiger partial charge on any atom is -0.854 e. The Labute approximate surface area is 169 Å². The third-order valence-electron chi connectivity index (χ3n) is 4.92. The van der Waals surface area contributed by atoms with Crippen LogP contribution < -0.4 is 5.11 Å². The highest BCUT2D eigenvalue weighted by molar-refractivity contribution is 5.91. The fourth-order valence-electron chi connectivity index (χ4n) is 3.43. The standard InChI is InChI=1S/C21H18F6N2O/c1-13-6-5-9-18(14-7-3-2-4-8-14)29(13)28-19(30)15-10-16(20(22,23)24)12-17(11-15)21(25,26)27/h2-4,7-8,10-12,18H,5-6,9H2,1H3. The van der Waals surface area contributed by atoms with Crippen molar-refractivity contribution in [3.63, 3.8) is 0 Å². The molecule has 30 heavy (non-hydrogen) atoms. The summed E-state index contributed by atoms with van der Waals surface area (Å²) in [6.45, 7) is 1.74. The molecule has 0 saturated carbocycles. The first-order chi connectivity index (χ1) is 14.0. The number of alkyl halides is 6. The van der Waals surface area contributed by atoms with Gasteiger partial charge in [-0.2, -0.15) is 26.3 Å². The van der Waals surface area contributed by atoms with Gasteiger partial charge in [0.25, 0.3) is 0 Å². The van der Waals surface area contributed by atoms with Crippen LogP contribution in [0.4, 0.5) is 26.3 Å². The molecule has 0 amide bonds. The van der Waals surface area contributed by atoms with E-state index >= 15 is 0 Å². The normalized spacial score (nSPS) is 18.6. The van der Waals surface area contributed by atoms with Gasteiger partial charge < -0.3 is 5.11 Å². The Bertz CT molecular complexity index is 945. The van der Waals surface area contributed by atoms with E-state index in [1.165, 1.54) is 4.68 Å². The van der Waals surface area contributed by atoms with E-state index in [0.717, 1.165) is 12.0 Å². The molecule has 0 radical (unpaired) electrons. The Balaban J connectivity index is 2.09. The second-order valence-corrected chi connectivity index (χ2v) is 7.10. The smallest absolute Gasteiger partial charge is 0.416 e. The van der Waals surface area contributed by atoms with Crippen molar-refractivity contribution in [2.45, 2.75) is 44.6 Å². The average Bonchev–Trinajstić information content (AvgIpc) is 2.68. The van der Waals surface area contributed by atoms with E-state index in [2.05, 4.69) is 5.10 Å². The van der Waals surface area contributed by atoms with Crippen LogP contribution in [0.5, 0.6) is 0 Å². The lowest BCUT2D eigenvalue weighted by Crippen LogP contribution is -2.30. The van der Waals surface area contributed by atoms with Crippen LogP contribution in [0.2, 0.25) is 0 Å². The Hall–Kier alpha value is -2.84. The second-order valence-electron chi connectivity index (χ2n) is 7.10. The van der Waals surface area contributed by atoms with Gasteiger partial charge >= 0.3 is 12.4 Å². The molecule has 0 spiro atoms. The third-order valence-corrected chi connectivity index (χ3v) is 4.92. The van der Waals surface area contributed by atoms with E-state index in [-0.39, 0.29) is 12.1 Å². The lowest BCUT2D eigenvalue weighted by Gasteiger charge is -2.21. The first-order valence-electron chi connectivity index (χ1n) is 9.19. The molecular formula is C21H18F6N2O. The van der Waals surface area contributed by atoms with Gasteiger partial charge in [-0.15, -0.1) is 0 Å². The molecule has 1 heterocycles. The van der Waals surface area contributed by atoms with Gasteiger partial charge in [0.05, 0.1) is 17.0 Å². The highest BCUT2D eigenvalue weighted by Gasteiger charge is 2.37. The maximum atomic E-state index is 13.1. The van der Waals surface area contributed by atoms with E-state index in [1.807, 2.05) is 30.3 Å². The van der Waals surface area contributed by atoms with E-state index in [0.29, 0.717) is 30.7 Å². The van der Waals surface area contributed by atoms with E-state index in [4.69, 9.17) is 0 Å². The Morgan fingerprint density at radius 3 is 2.07 bits per heavy atom. The first kappa shape index (κ1) is 21.9. The quantitative estimate of drug-likeness (QED) is 0.289. The Morgan fingerprint density at radius 2 is 1.53 bits per heavy atom. The number of rotatable bonds is 3. The number of hydrogen-bond donors (Lipinski definition) is 0. The SMILES string of the molecule is CC1=[N+](/N=C(\[O-])c2cc(C(F)(F)F)cc(C(F)(F)F)c2)C(c2ccccc2)CCC1. The Morgan fingerprint density at radius 1 is 0.967 bits per heavy atom. The second kappa shape index (κ2) is 8.12. The highest BCUT2D eigenvalue weighted by Crippen LogP contribution is 2.36. The summed E-state index contributed by atoms with van der Waals surface area (Å²) < 4.78 is 79.9. The summed E-state index contributed by atoms with van der Waals surface area (Å²) >= 11 is 0. The molecule has 2 aromatic rings. The molecule has 1 unspecified atom stereocenters. The number of hydrogen-bond acceptors (Lipinski definition) is 2. The van der Waals surface area contributed by atoms with Gasteiger partial charge in [0.1, 0.15) is 0 Å². The zero-order valence-corrected chi connectivity index (χ0v) is 15.9. The third kappa shape index (κ3) is 4.83. The molecule has 0 aromatic heterocycles. The average molecular weight is 428 g/mol. The van der Waals surface area contributed by atoms with Gasteiger partial charge in [-0.05, 0) is 35.3 Å². The van der Waals surface area contributed by atoms with Crippen LogP contribution in [0.25, 0.3) is 0 Å². The fourth-order valence-corrected chi connectivity index (χ4v) is 3.43. The number of halogens is 6. The topological polar surface area (TPSA) is 38.4 Å². The van der Waals surface area contributed by atoms with Gasteiger partial charge in [0.15, 0.2) is 5.71 Å². The summed E-state index contributed by atoms with van der Waals surface area (Å²) in [7, 11) is 0. The van der Waals surface area contributed by atoms with Gasteiger partial charge in [0.2, 0.25) is 6.04 Å². The monoisotopic (exact) mass is 428 g/mol. The maximum absolute atomic E-state index is 13.1. The molecule has 2 aromatic carbocycles. The summed E-state index contributed by atoms with van der Waals surface area (Å²) in [4.78, 5) is 0. The van der Waals surface area contributed by atoms with Crippen LogP contribution in [0.1, 0.15) is 54.5 Å². The fraction of sp³-hybridized carbons (Fsp3) is 0.333. The van der Waals surface area contributed by atoms with Crippen molar-refractivity contribution in [3.8, 4) is 0 Å². The van der Waals surface area contributed by atoms with Crippen LogP contribution in [0, 0.1) is 0 Å². The predicted molar refractivity (Wildman–Crippen MR) is 97.0 cm³/mol. The summed E-state index contributed by atoms with van der Waals surface area (Å²) in [5, 5.41) is 16.6. The van der Waals surface area contributed by atoms with Gasteiger partial charge in [-0.3, -0.25) is 0 Å². The first-order valence-corrected chi connectivity index (χ1v) is 9.19. The minimum absolute atomic E-state index is 0.0121. The molecule has 0 fully saturated rings. The van der Waals surface area contributed by atoms with Crippen LogP contribution >= 0.6 is 0 Å². The zero-order chi connectivity index (χ0) is 22.1. The molecular weight excluding hydrogens is 410 g/mol. The van der Waals surface area contributed by atoms with Crippen LogP contribution in [0.3, 0.4) is 0 Å². The molecule has 1 aliphatic rings. The molecule has 0 bridgehead atoms. The summed E-state index contributed by atoms with van der Waals surface area (Å²) in [6.07, 6.45) is -7.97. The Kier molecular flexibility index (Phi) is 5.92. The minimum atomic E-state index is -5.03. The van der Waals surface area contributed by atoms with Crippen molar-refractivity contribution in [2.75, 3.05) is 0 Å². The molecule has 1 atom stereocenters. The summed E-state index contributed by atoms with van der Waals surface area (Å²) in [6, 6.07) is 9.57. The molecule has 1 aliphatic heterocycles. The van der Waals surface area contributed by atoms with Crippen molar-refractivity contribution in [1.29, 1.82) is 0 Å². The zero-order valence-electron chi connectivity index (χ0n) is 15.9. The van der Waals surface area contributed by atoms with Gasteiger partial charge in [-0.1, -0.05) is 35.0 Å². The predicted octanol–water partition coefficient (Wildman–Crippen LogP) is 5.14. The number of benzene rings is 2. The molecule has 160 valence electrons. The van der Waals surface area contributed by atoms with Crippen molar-refractivity contribution in [2.24, 2.45) is 5.10 Å². The highest BCUT2D eigenvalue weighted by atomic mass is 19.4. The molecule has 0 aliphatic carbocycles. The lowest BCUT2D eigenvalue weighted by atomic mass is 9.96. The van der Waals surface area contributed by atoms with Crippen molar-refractivity contribution in [3.05, 3.63) is 70.8 Å². The van der Waals surface area contributed by atoms with Crippen LogP contribution in [-0.2, 0) is 12.4 Å². The number of hydrazone groups is 1. The molecule has 9 heteroatoms. The summed E-state index contributed by atoms with van der Waals surface area (Å²) in [5.41, 5.74) is -2.29. The molecule has 0 N–H and O–H groups in total. The van der Waals surface area contributed by atoms with Crippen LogP contribution in [-0.4, -0.2) is 16.3 Å². The lowest BCUT2D eigenvalue weighted by molar-refractivity contribution is -0.588. The van der Waals surface area contributed by atoms with Gasteiger partial charge in [-0.25, -0.2) is 0 Å². The van der Waals surface area contributed by atoms with E-state index < -0.39 is 34.9 Å². The largest absolute Gasteiger partial charge is 0.854 e. The molecule has 0 saturated heterocycles. The van der Waals surface area contributed by atoms with Crippen molar-refractivity contribution < 1.29 is 36.1 Å². The molecule has 3 rings (SSSR count). The van der Waals surface area contributed by atoms with Crippen LogP contribution in [0.15, 0.2) is 53.6 Å². The maximum Gasteiger partial charge on any atom is 0.416 e. The number of nitrogens with zero attached hydrogens (tertiary/aromatic N) is 2. The molecule has 3 nitrogen and oxygen atoms in total. The summed E-state index contributed by atoms with van der Waals surface area (Å²) in [5.74, 6) is -1.16. The van der Waals surface area contributed by atoms with Gasteiger partial charge in [0, 0.05) is 25.3 Å².